The van der Waals surface area contributed by atoms with E-state index >= 15 is 0 Å². The molecule has 3 unspecified atom stereocenters. The first-order chi connectivity index (χ1) is 8.18. The molecule has 0 aromatic heterocycles. The molecule has 1 N–H and O–H groups in total. The average Bonchev–Trinajstić information content (AvgIpc) is 2.53. The summed E-state index contributed by atoms with van der Waals surface area (Å²) in [7, 11) is 0. The van der Waals surface area contributed by atoms with Crippen LogP contribution in [0.2, 0.25) is 0 Å². The molecule has 0 aromatic rings. The monoisotopic (exact) mass is 241 g/mol. The Kier molecular flexibility index (Phi) is 4.40. The molecule has 2 saturated heterocycles. The van der Waals surface area contributed by atoms with Crippen molar-refractivity contribution >= 4 is 5.97 Å². The minimum absolute atomic E-state index is 0.111. The van der Waals surface area contributed by atoms with Gasteiger partial charge in [-0.2, -0.15) is 0 Å². The van der Waals surface area contributed by atoms with E-state index in [0.717, 1.165) is 38.8 Å². The van der Waals surface area contributed by atoms with Crippen LogP contribution in [0, 0.1) is 0 Å². The van der Waals surface area contributed by atoms with Crippen molar-refractivity contribution in [2.75, 3.05) is 13.1 Å². The second-order valence-electron chi connectivity index (χ2n) is 5.30. The molecule has 0 saturated carbocycles. The maximum absolute atomic E-state index is 11.5. The van der Waals surface area contributed by atoms with Crippen molar-refractivity contribution in [3.05, 3.63) is 0 Å². The zero-order chi connectivity index (χ0) is 12.3. The van der Waals surface area contributed by atoms with Gasteiger partial charge in [-0.1, -0.05) is 12.8 Å². The number of likely N-dealkylation sites (tertiary alicyclic amines) is 1. The normalized spacial score (nSPS) is 33.2. The van der Waals surface area contributed by atoms with Gasteiger partial charge in [-0.05, 0) is 45.7 Å². The summed E-state index contributed by atoms with van der Waals surface area (Å²) in [4.78, 5) is 13.6. The molecule has 0 spiro atoms. The molecule has 3 atom stereocenters. The quantitative estimate of drug-likeness (QED) is 0.819. The summed E-state index contributed by atoms with van der Waals surface area (Å²) in [5, 5.41) is 9.44. The number of nitrogens with zero attached hydrogens (tertiary/aromatic N) is 1. The first-order valence-corrected chi connectivity index (χ1v) is 6.81. The zero-order valence-electron chi connectivity index (χ0n) is 10.6. The Morgan fingerprint density at radius 2 is 1.88 bits per heavy atom. The molecular weight excluding hydrogens is 218 g/mol. The highest BCUT2D eigenvalue weighted by atomic mass is 16.5. The van der Waals surface area contributed by atoms with Crippen LogP contribution in [-0.4, -0.2) is 47.3 Å². The molecule has 2 fully saturated rings. The van der Waals surface area contributed by atoms with E-state index in [1.807, 2.05) is 6.92 Å². The number of ether oxygens (including phenoxy) is 1. The number of carbonyl (C=O) groups is 1. The smallest absolute Gasteiger partial charge is 0.323 e. The van der Waals surface area contributed by atoms with Crippen molar-refractivity contribution in [3.63, 3.8) is 0 Å². The zero-order valence-corrected chi connectivity index (χ0v) is 10.6. The summed E-state index contributed by atoms with van der Waals surface area (Å²) < 4.78 is 5.76. The average molecular weight is 241 g/mol. The maximum atomic E-state index is 11.5. The van der Waals surface area contributed by atoms with Crippen LogP contribution in [0.25, 0.3) is 0 Å². The topological polar surface area (TPSA) is 49.8 Å². The van der Waals surface area contributed by atoms with Crippen LogP contribution in [-0.2, 0) is 9.53 Å². The third-order valence-electron chi connectivity index (χ3n) is 3.90. The van der Waals surface area contributed by atoms with Gasteiger partial charge in [0.2, 0.25) is 0 Å². The van der Waals surface area contributed by atoms with E-state index in [0.29, 0.717) is 0 Å². The highest BCUT2D eigenvalue weighted by Crippen LogP contribution is 2.26. The van der Waals surface area contributed by atoms with Gasteiger partial charge in [0.15, 0.2) is 0 Å². The minimum atomic E-state index is -0.717. The molecule has 4 heteroatoms. The molecule has 2 rings (SSSR count). The van der Waals surface area contributed by atoms with Gasteiger partial charge in [-0.15, -0.1) is 0 Å². The van der Waals surface area contributed by atoms with Crippen LogP contribution in [0.1, 0.15) is 45.4 Å². The second-order valence-corrected chi connectivity index (χ2v) is 5.30. The molecule has 17 heavy (non-hydrogen) atoms. The molecule has 2 aliphatic rings. The third kappa shape index (κ3) is 3.19. The van der Waals surface area contributed by atoms with E-state index in [9.17, 15) is 9.90 Å². The first-order valence-electron chi connectivity index (χ1n) is 6.81. The van der Waals surface area contributed by atoms with Crippen LogP contribution in [0.3, 0.4) is 0 Å². The molecule has 0 aromatic carbocycles. The number of carboxylic acid groups (broad SMARTS) is 1. The Hall–Kier alpha value is -0.610. The fourth-order valence-corrected chi connectivity index (χ4v) is 2.99. The summed E-state index contributed by atoms with van der Waals surface area (Å²) in [6.45, 7) is 3.84. The van der Waals surface area contributed by atoms with E-state index in [4.69, 9.17) is 4.74 Å². The fraction of sp³-hybridized carbons (Fsp3) is 0.923. The van der Waals surface area contributed by atoms with Crippen LogP contribution >= 0.6 is 0 Å². The molecule has 0 aliphatic carbocycles. The van der Waals surface area contributed by atoms with Gasteiger partial charge in [0.1, 0.15) is 6.04 Å². The second kappa shape index (κ2) is 5.83. The van der Waals surface area contributed by atoms with Crippen LogP contribution in [0.5, 0.6) is 0 Å². The number of carboxylic acids is 1. The minimum Gasteiger partial charge on any atom is -0.480 e. The van der Waals surface area contributed by atoms with Crippen molar-refractivity contribution in [2.45, 2.75) is 63.7 Å². The van der Waals surface area contributed by atoms with Crippen molar-refractivity contribution < 1.29 is 14.6 Å². The van der Waals surface area contributed by atoms with Crippen LogP contribution < -0.4 is 0 Å². The van der Waals surface area contributed by atoms with Gasteiger partial charge in [0.25, 0.3) is 0 Å². The first kappa shape index (κ1) is 12.8. The van der Waals surface area contributed by atoms with Crippen LogP contribution in [0.15, 0.2) is 0 Å². The van der Waals surface area contributed by atoms with Gasteiger partial charge in [-0.25, -0.2) is 0 Å². The Bertz CT molecular complexity index is 261. The van der Waals surface area contributed by atoms with Gasteiger partial charge in [0, 0.05) is 0 Å². The Morgan fingerprint density at radius 1 is 1.24 bits per heavy atom. The van der Waals surface area contributed by atoms with E-state index in [1.165, 1.54) is 12.8 Å². The number of hydrogen-bond donors (Lipinski definition) is 1. The van der Waals surface area contributed by atoms with Crippen LogP contribution in [0.4, 0.5) is 0 Å². The summed E-state index contributed by atoms with van der Waals surface area (Å²) in [6, 6.07) is -0.432. The predicted octanol–water partition coefficient (Wildman–Crippen LogP) is 1.88. The Balaban J connectivity index is 2.02. The van der Waals surface area contributed by atoms with Gasteiger partial charge in [0.05, 0.1) is 12.2 Å². The molecule has 98 valence electrons. The highest BCUT2D eigenvalue weighted by molar-refractivity contribution is 5.74. The molecule has 0 bridgehead atoms. The molecular formula is C13H23NO3. The van der Waals surface area contributed by atoms with Crippen molar-refractivity contribution in [2.24, 2.45) is 0 Å². The van der Waals surface area contributed by atoms with Gasteiger partial charge < -0.3 is 9.84 Å². The predicted molar refractivity (Wildman–Crippen MR) is 65.0 cm³/mol. The molecule has 2 heterocycles. The summed E-state index contributed by atoms with van der Waals surface area (Å²) >= 11 is 0. The lowest BCUT2D eigenvalue weighted by Gasteiger charge is -2.31. The lowest BCUT2D eigenvalue weighted by Crippen LogP contribution is -2.49. The fourth-order valence-electron chi connectivity index (χ4n) is 2.99. The molecule has 0 radical (unpaired) electrons. The summed E-state index contributed by atoms with van der Waals surface area (Å²) in [5.41, 5.74) is 0. The molecule has 4 nitrogen and oxygen atoms in total. The Morgan fingerprint density at radius 3 is 2.35 bits per heavy atom. The third-order valence-corrected chi connectivity index (χ3v) is 3.90. The molecule has 0 amide bonds. The van der Waals surface area contributed by atoms with Gasteiger partial charge in [-0.3, -0.25) is 9.69 Å². The maximum Gasteiger partial charge on any atom is 0.323 e. The number of hydrogen-bond acceptors (Lipinski definition) is 3. The van der Waals surface area contributed by atoms with Gasteiger partial charge >= 0.3 is 5.97 Å². The molecule has 2 aliphatic heterocycles. The lowest BCUT2D eigenvalue weighted by molar-refractivity contribution is -0.149. The number of rotatable bonds is 3. The van der Waals surface area contributed by atoms with E-state index in [2.05, 4.69) is 4.90 Å². The highest BCUT2D eigenvalue weighted by Gasteiger charge is 2.38. The SMILES string of the molecule is CC1CCC(C(C(=O)O)N2CCCCCC2)O1. The van der Waals surface area contributed by atoms with E-state index < -0.39 is 12.0 Å². The number of aliphatic carboxylic acids is 1. The summed E-state index contributed by atoms with van der Waals surface area (Å²) in [6.07, 6.45) is 6.67. The van der Waals surface area contributed by atoms with Crippen molar-refractivity contribution in [1.29, 1.82) is 0 Å². The van der Waals surface area contributed by atoms with Crippen molar-refractivity contribution in [1.82, 2.24) is 4.90 Å². The summed E-state index contributed by atoms with van der Waals surface area (Å²) in [5.74, 6) is -0.717. The standard InChI is InChI=1S/C13H23NO3/c1-10-6-7-11(17-10)12(13(15)16)14-8-4-2-3-5-9-14/h10-12H,2-9H2,1H3,(H,15,16). The largest absolute Gasteiger partial charge is 0.480 e. The Labute approximate surface area is 103 Å². The van der Waals surface area contributed by atoms with E-state index in [-0.39, 0.29) is 12.2 Å². The van der Waals surface area contributed by atoms with Crippen molar-refractivity contribution in [3.8, 4) is 0 Å². The van der Waals surface area contributed by atoms with E-state index in [1.54, 1.807) is 0 Å². The lowest BCUT2D eigenvalue weighted by atomic mass is 10.1.